The van der Waals surface area contributed by atoms with Crippen molar-refractivity contribution in [3.63, 3.8) is 0 Å². The molecule has 4 nitrogen and oxygen atoms in total. The molecule has 0 saturated heterocycles. The average molecular weight is 404 g/mol. The quantitative estimate of drug-likeness (QED) is 0.599. The Kier molecular flexibility index (Phi) is 6.73. The van der Waals surface area contributed by atoms with Crippen LogP contribution in [-0.2, 0) is 10.0 Å². The van der Waals surface area contributed by atoms with Crippen molar-refractivity contribution < 1.29 is 17.2 Å². The molecule has 9 heteroatoms. The lowest BCUT2D eigenvalue weighted by atomic mass is 10.1. The van der Waals surface area contributed by atoms with Gasteiger partial charge in [0.05, 0.1) is 4.47 Å². The summed E-state index contributed by atoms with van der Waals surface area (Å²) in [6.45, 7) is 1.55. The first-order chi connectivity index (χ1) is 9.40. The van der Waals surface area contributed by atoms with E-state index in [0.717, 1.165) is 24.6 Å². The normalized spacial score (nSPS) is 15.3. The predicted molar refractivity (Wildman–Crippen MR) is 82.1 cm³/mol. The fraction of sp³-hybridized carbons (Fsp3) is 0.333. The van der Waals surface area contributed by atoms with Crippen LogP contribution in [0.2, 0.25) is 0 Å². The van der Waals surface area contributed by atoms with Gasteiger partial charge < -0.3 is 5.32 Å². The number of rotatable bonds is 4. The number of benzene rings is 1. The van der Waals surface area contributed by atoms with Crippen LogP contribution in [0.3, 0.4) is 0 Å². The first kappa shape index (κ1) is 18.5. The van der Waals surface area contributed by atoms with Crippen molar-refractivity contribution in [3.8, 4) is 0 Å². The molecule has 0 aliphatic carbocycles. The molecule has 0 saturated carbocycles. The van der Waals surface area contributed by atoms with E-state index in [0.29, 0.717) is 12.6 Å². The lowest BCUT2D eigenvalue weighted by Gasteiger charge is -2.15. The van der Waals surface area contributed by atoms with E-state index < -0.39 is 26.6 Å². The van der Waals surface area contributed by atoms with E-state index in [1.54, 1.807) is 0 Å². The van der Waals surface area contributed by atoms with Crippen molar-refractivity contribution in [1.29, 1.82) is 0 Å². The average Bonchev–Trinajstić information content (AvgIpc) is 2.42. The largest absolute Gasteiger partial charge is 0.313 e. The Morgan fingerprint density at radius 2 is 2.00 bits per heavy atom. The van der Waals surface area contributed by atoms with Crippen LogP contribution in [0.1, 0.15) is 6.42 Å². The van der Waals surface area contributed by atoms with Gasteiger partial charge in [-0.15, -0.1) is 12.4 Å². The lowest BCUT2D eigenvalue weighted by Crippen LogP contribution is -2.30. The molecule has 1 aromatic carbocycles. The second-order valence-corrected chi connectivity index (χ2v) is 6.93. The molecule has 1 aliphatic heterocycles. The van der Waals surface area contributed by atoms with E-state index in [9.17, 15) is 17.2 Å². The van der Waals surface area contributed by atoms with Crippen LogP contribution >= 0.6 is 28.3 Å². The number of hydrogen-bond acceptors (Lipinski definition) is 3. The summed E-state index contributed by atoms with van der Waals surface area (Å²) in [5.41, 5.74) is 0.922. The minimum Gasteiger partial charge on any atom is -0.313 e. The molecule has 0 fully saturated rings. The monoisotopic (exact) mass is 402 g/mol. The van der Waals surface area contributed by atoms with Gasteiger partial charge in [0.2, 0.25) is 10.0 Å². The molecule has 2 rings (SSSR count). The zero-order chi connectivity index (χ0) is 14.8. The number of hydrogen-bond donors (Lipinski definition) is 2. The minimum absolute atomic E-state index is 0. The molecule has 118 valence electrons. The van der Waals surface area contributed by atoms with Gasteiger partial charge in [-0.3, -0.25) is 0 Å². The molecule has 2 N–H and O–H groups in total. The van der Waals surface area contributed by atoms with Gasteiger partial charge in [-0.1, -0.05) is 11.6 Å². The second-order valence-electron chi connectivity index (χ2n) is 4.34. The summed E-state index contributed by atoms with van der Waals surface area (Å²) in [5, 5.41) is 3.10. The Morgan fingerprint density at radius 1 is 1.29 bits per heavy atom. The molecular weight excluding hydrogens is 390 g/mol. The summed E-state index contributed by atoms with van der Waals surface area (Å²) in [6, 6.07) is 1.46. The van der Waals surface area contributed by atoms with Gasteiger partial charge in [-0.05, 0) is 41.0 Å². The number of halogens is 4. The third kappa shape index (κ3) is 4.72. The number of sulfonamides is 1. The van der Waals surface area contributed by atoms with Crippen molar-refractivity contribution >= 4 is 38.4 Å². The van der Waals surface area contributed by atoms with E-state index in [1.807, 2.05) is 6.08 Å². The Balaban J connectivity index is 0.00000220. The summed E-state index contributed by atoms with van der Waals surface area (Å²) in [5.74, 6) is -1.82. The lowest BCUT2D eigenvalue weighted by molar-refractivity contribution is 0.544. The van der Waals surface area contributed by atoms with Gasteiger partial charge in [0.25, 0.3) is 0 Å². The molecule has 0 unspecified atom stereocenters. The van der Waals surface area contributed by atoms with Crippen LogP contribution in [0.25, 0.3) is 0 Å². The van der Waals surface area contributed by atoms with Crippen LogP contribution in [0.15, 0.2) is 33.2 Å². The van der Waals surface area contributed by atoms with Crippen LogP contribution in [0.4, 0.5) is 8.78 Å². The predicted octanol–water partition coefficient (Wildman–Crippen LogP) is 2.35. The highest BCUT2D eigenvalue weighted by Crippen LogP contribution is 2.23. The molecule has 1 aliphatic rings. The van der Waals surface area contributed by atoms with Crippen LogP contribution < -0.4 is 10.0 Å². The Hall–Kier alpha value is -0.540. The van der Waals surface area contributed by atoms with Gasteiger partial charge in [-0.25, -0.2) is 21.9 Å². The van der Waals surface area contributed by atoms with E-state index in [4.69, 9.17) is 0 Å². The van der Waals surface area contributed by atoms with Crippen LogP contribution in [0, 0.1) is 11.6 Å². The molecule has 21 heavy (non-hydrogen) atoms. The smallest absolute Gasteiger partial charge is 0.243 e. The van der Waals surface area contributed by atoms with Gasteiger partial charge in [0.15, 0.2) is 0 Å². The standard InChI is InChI=1S/C12H13BrF2N2O2S.ClH/c13-9-5-11(15)12(6-10(9)14)20(18,19)17-7-8-1-3-16-4-2-8;/h1,5-6,16-17H,2-4,7H2;1H. The fourth-order valence-corrected chi connectivity index (χ4v) is 3.23. The second kappa shape index (κ2) is 7.64. The Labute approximate surface area is 136 Å². The summed E-state index contributed by atoms with van der Waals surface area (Å²) in [4.78, 5) is -0.687. The first-order valence-corrected chi connectivity index (χ1v) is 8.20. The van der Waals surface area contributed by atoms with Gasteiger partial charge in [0.1, 0.15) is 16.5 Å². The van der Waals surface area contributed by atoms with E-state index in [1.165, 1.54) is 0 Å². The third-order valence-corrected chi connectivity index (χ3v) is 4.94. The highest BCUT2D eigenvalue weighted by Gasteiger charge is 2.21. The van der Waals surface area contributed by atoms with Crippen molar-refractivity contribution in [1.82, 2.24) is 10.0 Å². The zero-order valence-electron chi connectivity index (χ0n) is 10.8. The summed E-state index contributed by atoms with van der Waals surface area (Å²) >= 11 is 2.80. The maximum absolute atomic E-state index is 13.7. The fourth-order valence-electron chi connectivity index (χ4n) is 1.81. The molecule has 0 radical (unpaired) electrons. The molecule has 1 heterocycles. The van der Waals surface area contributed by atoms with Crippen molar-refractivity contribution in [2.24, 2.45) is 0 Å². The van der Waals surface area contributed by atoms with E-state index in [-0.39, 0.29) is 23.4 Å². The third-order valence-electron chi connectivity index (χ3n) is 2.91. The maximum atomic E-state index is 13.7. The van der Waals surface area contributed by atoms with Crippen molar-refractivity contribution in [3.05, 3.63) is 39.9 Å². The molecule has 0 atom stereocenters. The maximum Gasteiger partial charge on any atom is 0.243 e. The van der Waals surface area contributed by atoms with Crippen LogP contribution in [-0.4, -0.2) is 28.1 Å². The highest BCUT2D eigenvalue weighted by molar-refractivity contribution is 9.10. The molecule has 0 aromatic heterocycles. The Bertz CT molecular complexity index is 653. The number of nitrogens with one attached hydrogen (secondary N) is 2. The van der Waals surface area contributed by atoms with E-state index in [2.05, 4.69) is 26.0 Å². The molecule has 1 aromatic rings. The van der Waals surface area contributed by atoms with E-state index >= 15 is 0 Å². The Morgan fingerprint density at radius 3 is 2.62 bits per heavy atom. The molecule has 0 spiro atoms. The molecular formula is C12H14BrClF2N2O2S. The first-order valence-electron chi connectivity index (χ1n) is 5.93. The van der Waals surface area contributed by atoms with Gasteiger partial charge in [0, 0.05) is 13.1 Å². The van der Waals surface area contributed by atoms with Gasteiger partial charge in [-0.2, -0.15) is 0 Å². The van der Waals surface area contributed by atoms with Crippen molar-refractivity contribution in [2.75, 3.05) is 19.6 Å². The minimum atomic E-state index is -4.08. The molecule has 0 amide bonds. The topological polar surface area (TPSA) is 58.2 Å². The SMILES string of the molecule is Cl.O=S(=O)(NCC1=CCNCC1)c1cc(F)c(Br)cc1F. The van der Waals surface area contributed by atoms with Crippen LogP contribution in [0.5, 0.6) is 0 Å². The summed E-state index contributed by atoms with van der Waals surface area (Å²) < 4.78 is 53.1. The summed E-state index contributed by atoms with van der Waals surface area (Å²) in [7, 11) is -4.08. The van der Waals surface area contributed by atoms with Gasteiger partial charge >= 0.3 is 0 Å². The van der Waals surface area contributed by atoms with Crippen molar-refractivity contribution in [2.45, 2.75) is 11.3 Å². The molecule has 0 bridgehead atoms. The highest BCUT2D eigenvalue weighted by atomic mass is 79.9. The summed E-state index contributed by atoms with van der Waals surface area (Å²) in [6.07, 6.45) is 2.60. The zero-order valence-corrected chi connectivity index (χ0v) is 14.0.